The van der Waals surface area contributed by atoms with Crippen LogP contribution in [0.1, 0.15) is 43.7 Å². The Morgan fingerprint density at radius 2 is 1.52 bits per heavy atom. The standard InChI is InChI=1S/C20H18F4O/c1-2-3-4-5-13-25-17-8-6-7-14(18(17)22)9-10-15-11-12-16(21)20(24)19(15)23/h6-8,11-12H,2-5,13H2,1H3. The molecule has 0 radical (unpaired) electrons. The van der Waals surface area contributed by atoms with E-state index in [-0.39, 0.29) is 16.9 Å². The minimum absolute atomic E-state index is 0.00445. The highest BCUT2D eigenvalue weighted by Gasteiger charge is 2.12. The molecule has 0 aromatic heterocycles. The van der Waals surface area contributed by atoms with Crippen LogP contribution in [0.4, 0.5) is 17.6 Å². The predicted molar refractivity (Wildman–Crippen MR) is 88.3 cm³/mol. The average Bonchev–Trinajstić information content (AvgIpc) is 2.61. The van der Waals surface area contributed by atoms with E-state index in [0.29, 0.717) is 6.61 Å². The summed E-state index contributed by atoms with van der Waals surface area (Å²) in [4.78, 5) is 0. The minimum atomic E-state index is -1.60. The maximum Gasteiger partial charge on any atom is 0.195 e. The molecule has 0 atom stereocenters. The summed E-state index contributed by atoms with van der Waals surface area (Å²) in [6.07, 6.45) is 4.02. The molecule has 0 saturated heterocycles. The van der Waals surface area contributed by atoms with Gasteiger partial charge in [-0.1, -0.05) is 44.1 Å². The smallest absolute Gasteiger partial charge is 0.195 e. The number of unbranched alkanes of at least 4 members (excludes halogenated alkanes) is 3. The summed E-state index contributed by atoms with van der Waals surface area (Å²) in [6, 6.07) is 6.24. The van der Waals surface area contributed by atoms with Crippen LogP contribution in [0, 0.1) is 35.1 Å². The van der Waals surface area contributed by atoms with Gasteiger partial charge in [0.2, 0.25) is 0 Å². The Kier molecular flexibility index (Phi) is 6.88. The second kappa shape index (κ2) is 9.12. The molecule has 0 aliphatic carbocycles. The van der Waals surface area contributed by atoms with Crippen molar-refractivity contribution in [2.45, 2.75) is 32.6 Å². The summed E-state index contributed by atoms with van der Waals surface area (Å²) in [5, 5.41) is 0. The quantitative estimate of drug-likeness (QED) is 0.285. The summed E-state index contributed by atoms with van der Waals surface area (Å²) >= 11 is 0. The van der Waals surface area contributed by atoms with Crippen molar-refractivity contribution in [2.24, 2.45) is 0 Å². The molecular formula is C20H18F4O. The molecule has 132 valence electrons. The average molecular weight is 350 g/mol. The van der Waals surface area contributed by atoms with Crippen LogP contribution in [-0.2, 0) is 0 Å². The molecule has 0 saturated carbocycles. The minimum Gasteiger partial charge on any atom is -0.490 e. The number of rotatable bonds is 6. The van der Waals surface area contributed by atoms with Crippen LogP contribution in [0.2, 0.25) is 0 Å². The highest BCUT2D eigenvalue weighted by atomic mass is 19.2. The fraction of sp³-hybridized carbons (Fsp3) is 0.300. The third-order valence-electron chi connectivity index (χ3n) is 3.59. The summed E-state index contributed by atoms with van der Waals surface area (Å²) in [6.45, 7) is 2.49. The highest BCUT2D eigenvalue weighted by molar-refractivity contribution is 5.47. The van der Waals surface area contributed by atoms with E-state index < -0.39 is 23.3 Å². The van der Waals surface area contributed by atoms with E-state index in [0.717, 1.165) is 37.8 Å². The molecule has 25 heavy (non-hydrogen) atoms. The largest absolute Gasteiger partial charge is 0.490 e. The van der Waals surface area contributed by atoms with E-state index in [1.165, 1.54) is 12.1 Å². The van der Waals surface area contributed by atoms with Gasteiger partial charge in [0.15, 0.2) is 29.0 Å². The Bertz CT molecular complexity index is 790. The number of ether oxygens (including phenoxy) is 1. The summed E-state index contributed by atoms with van der Waals surface area (Å²) in [5.74, 6) is -0.130. The molecule has 0 fully saturated rings. The van der Waals surface area contributed by atoms with Gasteiger partial charge in [-0.3, -0.25) is 0 Å². The van der Waals surface area contributed by atoms with E-state index in [1.807, 2.05) is 0 Å². The predicted octanol–water partition coefficient (Wildman–Crippen LogP) is 5.60. The van der Waals surface area contributed by atoms with Crippen LogP contribution in [0.15, 0.2) is 30.3 Å². The summed E-state index contributed by atoms with van der Waals surface area (Å²) < 4.78 is 59.4. The van der Waals surface area contributed by atoms with Gasteiger partial charge < -0.3 is 4.74 Å². The van der Waals surface area contributed by atoms with Gasteiger partial charge in [-0.05, 0) is 30.7 Å². The monoisotopic (exact) mass is 350 g/mol. The SMILES string of the molecule is CCCCCCOc1cccc(C#Cc2ccc(F)c(F)c2F)c1F. The van der Waals surface area contributed by atoms with Crippen molar-refractivity contribution in [3.05, 3.63) is 64.7 Å². The second-order valence-electron chi connectivity index (χ2n) is 5.50. The first-order chi connectivity index (χ1) is 12.0. The van der Waals surface area contributed by atoms with Crippen LogP contribution >= 0.6 is 0 Å². The molecule has 2 aromatic carbocycles. The molecule has 5 heteroatoms. The molecule has 0 heterocycles. The molecule has 0 amide bonds. The van der Waals surface area contributed by atoms with Gasteiger partial charge in [-0.2, -0.15) is 0 Å². The lowest BCUT2D eigenvalue weighted by molar-refractivity contribution is 0.290. The fourth-order valence-electron chi connectivity index (χ4n) is 2.19. The molecule has 0 aliphatic rings. The Morgan fingerprint density at radius 3 is 2.24 bits per heavy atom. The van der Waals surface area contributed by atoms with Crippen molar-refractivity contribution in [1.29, 1.82) is 0 Å². The van der Waals surface area contributed by atoms with E-state index in [9.17, 15) is 17.6 Å². The zero-order valence-electron chi connectivity index (χ0n) is 13.8. The van der Waals surface area contributed by atoms with Gasteiger partial charge in [-0.15, -0.1) is 0 Å². The highest BCUT2D eigenvalue weighted by Crippen LogP contribution is 2.21. The van der Waals surface area contributed by atoms with Crippen LogP contribution in [-0.4, -0.2) is 6.61 Å². The zero-order chi connectivity index (χ0) is 18.2. The molecule has 0 N–H and O–H groups in total. The lowest BCUT2D eigenvalue weighted by Gasteiger charge is -2.07. The van der Waals surface area contributed by atoms with Gasteiger partial charge in [0.1, 0.15) is 0 Å². The fourth-order valence-corrected chi connectivity index (χ4v) is 2.19. The van der Waals surface area contributed by atoms with E-state index in [1.54, 1.807) is 6.07 Å². The number of hydrogen-bond donors (Lipinski definition) is 0. The Labute approximate surface area is 144 Å². The summed E-state index contributed by atoms with van der Waals surface area (Å²) in [5.41, 5.74) is -0.348. The van der Waals surface area contributed by atoms with Gasteiger partial charge in [0.05, 0.1) is 17.7 Å². The Morgan fingerprint density at radius 1 is 0.800 bits per heavy atom. The van der Waals surface area contributed by atoms with Crippen LogP contribution in [0.3, 0.4) is 0 Å². The Hall–Kier alpha value is -2.48. The molecule has 0 bridgehead atoms. The van der Waals surface area contributed by atoms with Crippen molar-refractivity contribution in [3.8, 4) is 17.6 Å². The molecule has 0 spiro atoms. The number of halogens is 4. The van der Waals surface area contributed by atoms with Gasteiger partial charge in [0.25, 0.3) is 0 Å². The van der Waals surface area contributed by atoms with Gasteiger partial charge in [-0.25, -0.2) is 17.6 Å². The van der Waals surface area contributed by atoms with Crippen LogP contribution in [0.5, 0.6) is 5.75 Å². The zero-order valence-corrected chi connectivity index (χ0v) is 13.8. The topological polar surface area (TPSA) is 9.23 Å². The number of benzene rings is 2. The third-order valence-corrected chi connectivity index (χ3v) is 3.59. The molecule has 0 unspecified atom stereocenters. The molecule has 2 rings (SSSR count). The first-order valence-corrected chi connectivity index (χ1v) is 8.11. The second-order valence-corrected chi connectivity index (χ2v) is 5.50. The van der Waals surface area contributed by atoms with E-state index in [4.69, 9.17) is 4.74 Å². The first kappa shape index (κ1) is 18.9. The normalized spacial score (nSPS) is 10.3. The molecule has 2 aromatic rings. The summed E-state index contributed by atoms with van der Waals surface area (Å²) in [7, 11) is 0. The number of hydrogen-bond acceptors (Lipinski definition) is 1. The van der Waals surface area contributed by atoms with E-state index in [2.05, 4.69) is 18.8 Å². The lowest BCUT2D eigenvalue weighted by atomic mass is 10.1. The maximum absolute atomic E-state index is 14.3. The third kappa shape index (κ3) is 4.99. The van der Waals surface area contributed by atoms with Gasteiger partial charge in [0, 0.05) is 0 Å². The molecular weight excluding hydrogens is 332 g/mol. The molecule has 1 nitrogen and oxygen atoms in total. The lowest BCUT2D eigenvalue weighted by Crippen LogP contribution is -2.00. The first-order valence-electron chi connectivity index (χ1n) is 8.11. The van der Waals surface area contributed by atoms with E-state index >= 15 is 0 Å². The maximum atomic E-state index is 14.3. The van der Waals surface area contributed by atoms with Crippen LogP contribution in [0.25, 0.3) is 0 Å². The van der Waals surface area contributed by atoms with Gasteiger partial charge >= 0.3 is 0 Å². The van der Waals surface area contributed by atoms with Crippen molar-refractivity contribution >= 4 is 0 Å². The van der Waals surface area contributed by atoms with Crippen molar-refractivity contribution in [3.63, 3.8) is 0 Å². The molecule has 0 aliphatic heterocycles. The van der Waals surface area contributed by atoms with Crippen molar-refractivity contribution < 1.29 is 22.3 Å². The Balaban J connectivity index is 2.14. The van der Waals surface area contributed by atoms with Crippen LogP contribution < -0.4 is 4.74 Å². The van der Waals surface area contributed by atoms with Crippen molar-refractivity contribution in [2.75, 3.05) is 6.61 Å². The van der Waals surface area contributed by atoms with Crippen molar-refractivity contribution in [1.82, 2.24) is 0 Å².